The van der Waals surface area contributed by atoms with E-state index in [9.17, 15) is 9.90 Å². The van der Waals surface area contributed by atoms with E-state index in [0.29, 0.717) is 6.54 Å². The van der Waals surface area contributed by atoms with Crippen LogP contribution in [0.4, 0.5) is 5.69 Å². The molecule has 0 aliphatic rings. The van der Waals surface area contributed by atoms with E-state index < -0.39 is 0 Å². The van der Waals surface area contributed by atoms with Crippen LogP contribution in [0.15, 0.2) is 48.5 Å². The van der Waals surface area contributed by atoms with Crippen molar-refractivity contribution >= 4 is 11.6 Å². The Hall–Kier alpha value is -2.53. The number of benzene rings is 2. The molecular formula is C16H19N3O2. The number of nitrogens with zero attached hydrogens (tertiary/aromatic N) is 1. The SMILES string of the molecule is CN(Cc1ccc(CC(=O)NN)cc1)c1cccc(O)c1. The van der Waals surface area contributed by atoms with Crippen LogP contribution in [0.3, 0.4) is 0 Å². The predicted molar refractivity (Wildman–Crippen MR) is 82.7 cm³/mol. The Morgan fingerprint density at radius 1 is 1.19 bits per heavy atom. The normalized spacial score (nSPS) is 10.2. The van der Waals surface area contributed by atoms with Crippen LogP contribution in [0.25, 0.3) is 0 Å². The van der Waals surface area contributed by atoms with Crippen LogP contribution in [0, 0.1) is 0 Å². The first-order chi connectivity index (χ1) is 10.1. The van der Waals surface area contributed by atoms with Gasteiger partial charge in [0.15, 0.2) is 0 Å². The third-order valence-corrected chi connectivity index (χ3v) is 3.24. The third-order valence-electron chi connectivity index (χ3n) is 3.24. The van der Waals surface area contributed by atoms with Crippen molar-refractivity contribution in [2.45, 2.75) is 13.0 Å². The molecule has 0 saturated carbocycles. The number of hydrogen-bond donors (Lipinski definition) is 3. The molecule has 0 unspecified atom stereocenters. The van der Waals surface area contributed by atoms with Gasteiger partial charge in [0.1, 0.15) is 5.75 Å². The molecule has 5 heteroatoms. The highest BCUT2D eigenvalue weighted by Crippen LogP contribution is 2.20. The summed E-state index contributed by atoms with van der Waals surface area (Å²) >= 11 is 0. The highest BCUT2D eigenvalue weighted by molar-refractivity contribution is 5.77. The lowest BCUT2D eigenvalue weighted by molar-refractivity contribution is -0.120. The van der Waals surface area contributed by atoms with Gasteiger partial charge in [-0.2, -0.15) is 0 Å². The maximum Gasteiger partial charge on any atom is 0.238 e. The van der Waals surface area contributed by atoms with Gasteiger partial charge in [0.05, 0.1) is 6.42 Å². The third kappa shape index (κ3) is 4.22. The molecule has 0 atom stereocenters. The largest absolute Gasteiger partial charge is 0.508 e. The molecule has 0 saturated heterocycles. The van der Waals surface area contributed by atoms with E-state index in [1.807, 2.05) is 48.3 Å². The van der Waals surface area contributed by atoms with Gasteiger partial charge in [-0.1, -0.05) is 30.3 Å². The fraction of sp³-hybridized carbons (Fsp3) is 0.188. The second-order valence-corrected chi connectivity index (χ2v) is 4.94. The molecule has 5 nitrogen and oxygen atoms in total. The highest BCUT2D eigenvalue weighted by Gasteiger charge is 2.05. The fourth-order valence-corrected chi connectivity index (χ4v) is 2.09. The molecule has 2 rings (SSSR count). The molecule has 4 N–H and O–H groups in total. The molecule has 0 radical (unpaired) electrons. The van der Waals surface area contributed by atoms with E-state index in [0.717, 1.165) is 16.8 Å². The Labute approximate surface area is 124 Å². The Balaban J connectivity index is 2.01. The summed E-state index contributed by atoms with van der Waals surface area (Å²) < 4.78 is 0. The Kier molecular flexibility index (Phi) is 4.79. The molecule has 21 heavy (non-hydrogen) atoms. The van der Waals surface area contributed by atoms with Crippen molar-refractivity contribution in [3.63, 3.8) is 0 Å². The maximum absolute atomic E-state index is 11.2. The van der Waals surface area contributed by atoms with Crippen molar-refractivity contribution in [2.75, 3.05) is 11.9 Å². The van der Waals surface area contributed by atoms with E-state index in [2.05, 4.69) is 5.43 Å². The number of nitrogens with two attached hydrogens (primary N) is 1. The van der Waals surface area contributed by atoms with Gasteiger partial charge in [-0.3, -0.25) is 10.2 Å². The number of hydrogen-bond acceptors (Lipinski definition) is 4. The van der Waals surface area contributed by atoms with E-state index in [4.69, 9.17) is 5.84 Å². The van der Waals surface area contributed by atoms with Gasteiger partial charge in [-0.25, -0.2) is 5.84 Å². The van der Waals surface area contributed by atoms with Gasteiger partial charge >= 0.3 is 0 Å². The van der Waals surface area contributed by atoms with Gasteiger partial charge in [-0.05, 0) is 23.3 Å². The van der Waals surface area contributed by atoms with Crippen molar-refractivity contribution < 1.29 is 9.90 Å². The molecule has 0 aliphatic heterocycles. The Bertz CT molecular complexity index is 611. The van der Waals surface area contributed by atoms with Crippen LogP contribution in [-0.2, 0) is 17.8 Å². The zero-order valence-corrected chi connectivity index (χ0v) is 11.9. The zero-order valence-electron chi connectivity index (χ0n) is 11.9. The monoisotopic (exact) mass is 285 g/mol. The topological polar surface area (TPSA) is 78.6 Å². The van der Waals surface area contributed by atoms with Crippen LogP contribution in [0.2, 0.25) is 0 Å². The average Bonchev–Trinajstić information content (AvgIpc) is 2.49. The first-order valence-electron chi connectivity index (χ1n) is 6.66. The van der Waals surface area contributed by atoms with Crippen molar-refractivity contribution in [1.82, 2.24) is 5.43 Å². The van der Waals surface area contributed by atoms with E-state index in [1.54, 1.807) is 12.1 Å². The summed E-state index contributed by atoms with van der Waals surface area (Å²) in [6.45, 7) is 0.715. The van der Waals surface area contributed by atoms with Crippen molar-refractivity contribution in [3.05, 3.63) is 59.7 Å². The number of carbonyl (C=O) groups is 1. The molecule has 0 bridgehead atoms. The standard InChI is InChI=1S/C16H19N3O2/c1-19(14-3-2-4-15(20)10-14)11-13-7-5-12(6-8-13)9-16(21)18-17/h2-8,10,20H,9,11,17H2,1H3,(H,18,21). The summed E-state index contributed by atoms with van der Waals surface area (Å²) in [4.78, 5) is 13.2. The molecule has 0 aromatic heterocycles. The van der Waals surface area contributed by atoms with E-state index >= 15 is 0 Å². The zero-order chi connectivity index (χ0) is 15.2. The van der Waals surface area contributed by atoms with E-state index in [1.165, 1.54) is 0 Å². The lowest BCUT2D eigenvalue weighted by Crippen LogP contribution is -2.31. The lowest BCUT2D eigenvalue weighted by atomic mass is 10.1. The van der Waals surface area contributed by atoms with Gasteiger partial charge in [0, 0.05) is 25.3 Å². The molecule has 0 spiro atoms. The van der Waals surface area contributed by atoms with Crippen LogP contribution in [0.1, 0.15) is 11.1 Å². The highest BCUT2D eigenvalue weighted by atomic mass is 16.3. The van der Waals surface area contributed by atoms with Crippen LogP contribution >= 0.6 is 0 Å². The van der Waals surface area contributed by atoms with Crippen molar-refractivity contribution in [2.24, 2.45) is 5.84 Å². The molecule has 1 amide bonds. The summed E-state index contributed by atoms with van der Waals surface area (Å²) in [5.41, 5.74) is 5.10. The molecule has 2 aromatic rings. The second kappa shape index (κ2) is 6.76. The lowest BCUT2D eigenvalue weighted by Gasteiger charge is -2.19. The first kappa shape index (κ1) is 14.9. The second-order valence-electron chi connectivity index (χ2n) is 4.94. The van der Waals surface area contributed by atoms with Crippen LogP contribution in [0.5, 0.6) is 5.75 Å². The Morgan fingerprint density at radius 2 is 1.86 bits per heavy atom. The smallest absolute Gasteiger partial charge is 0.238 e. The number of aromatic hydroxyl groups is 1. The van der Waals surface area contributed by atoms with Crippen LogP contribution < -0.4 is 16.2 Å². The van der Waals surface area contributed by atoms with Crippen molar-refractivity contribution in [1.29, 1.82) is 0 Å². The molecule has 2 aromatic carbocycles. The number of phenols is 1. The number of nitrogens with one attached hydrogen (secondary N) is 1. The Morgan fingerprint density at radius 3 is 2.48 bits per heavy atom. The van der Waals surface area contributed by atoms with E-state index in [-0.39, 0.29) is 18.1 Å². The molecule has 0 aliphatic carbocycles. The average molecular weight is 285 g/mol. The minimum Gasteiger partial charge on any atom is -0.508 e. The first-order valence-corrected chi connectivity index (χ1v) is 6.66. The molecule has 0 fully saturated rings. The minimum absolute atomic E-state index is 0.209. The number of anilines is 1. The fourth-order valence-electron chi connectivity index (χ4n) is 2.09. The molecular weight excluding hydrogens is 266 g/mol. The number of amides is 1. The van der Waals surface area contributed by atoms with Gasteiger partial charge in [-0.15, -0.1) is 0 Å². The van der Waals surface area contributed by atoms with Gasteiger partial charge in [0.2, 0.25) is 5.91 Å². The van der Waals surface area contributed by atoms with Gasteiger partial charge in [0.25, 0.3) is 0 Å². The van der Waals surface area contributed by atoms with Gasteiger partial charge < -0.3 is 10.0 Å². The minimum atomic E-state index is -0.209. The summed E-state index contributed by atoms with van der Waals surface area (Å²) in [5, 5.41) is 9.50. The molecule has 0 heterocycles. The van der Waals surface area contributed by atoms with Crippen molar-refractivity contribution in [3.8, 4) is 5.75 Å². The number of hydrazine groups is 1. The summed E-state index contributed by atoms with van der Waals surface area (Å²) in [6.07, 6.45) is 0.277. The predicted octanol–water partition coefficient (Wildman–Crippen LogP) is 1.56. The van der Waals surface area contributed by atoms with Crippen LogP contribution in [-0.4, -0.2) is 18.1 Å². The summed E-state index contributed by atoms with van der Waals surface area (Å²) in [7, 11) is 1.96. The number of rotatable bonds is 5. The summed E-state index contributed by atoms with van der Waals surface area (Å²) in [6, 6.07) is 14.9. The summed E-state index contributed by atoms with van der Waals surface area (Å²) in [5.74, 6) is 5.11. The number of carbonyl (C=O) groups excluding carboxylic acids is 1. The quantitative estimate of drug-likeness (QED) is 0.442. The number of phenolic OH excluding ortho intramolecular Hbond substituents is 1. The maximum atomic E-state index is 11.2. The molecule has 110 valence electrons.